The lowest BCUT2D eigenvalue weighted by molar-refractivity contribution is 0.241. The van der Waals surface area contributed by atoms with Crippen LogP contribution in [0.5, 0.6) is 11.5 Å². The zero-order chi connectivity index (χ0) is 20.4. The molecule has 7 nitrogen and oxygen atoms in total. The Balaban J connectivity index is 1.57. The quantitative estimate of drug-likeness (QED) is 0.693. The van der Waals surface area contributed by atoms with Crippen LogP contribution < -0.4 is 15.0 Å². The van der Waals surface area contributed by atoms with Gasteiger partial charge in [-0.3, -0.25) is 14.7 Å². The number of methoxy groups -OCH3 is 2. The highest BCUT2D eigenvalue weighted by molar-refractivity contribution is 6.32. The van der Waals surface area contributed by atoms with Crippen LogP contribution in [0, 0.1) is 0 Å². The topological polar surface area (TPSA) is 80.3 Å². The smallest absolute Gasteiger partial charge is 0.255 e. The lowest BCUT2D eigenvalue weighted by atomic mass is 10.1. The van der Waals surface area contributed by atoms with Crippen molar-refractivity contribution in [3.05, 3.63) is 68.9 Å². The SMILES string of the molecule is COc1cc(CN2CCc3nc(-c4ccncc4)[nH]c(=O)c3C2)cc(Cl)c1OC. The van der Waals surface area contributed by atoms with E-state index >= 15 is 0 Å². The van der Waals surface area contributed by atoms with Crippen LogP contribution in [0.4, 0.5) is 0 Å². The zero-order valence-corrected chi connectivity index (χ0v) is 17.0. The van der Waals surface area contributed by atoms with Crippen LogP contribution in [0.2, 0.25) is 5.02 Å². The number of H-pyrrole nitrogens is 1. The Morgan fingerprint density at radius 2 is 2.00 bits per heavy atom. The molecule has 0 fully saturated rings. The molecule has 2 aromatic heterocycles. The van der Waals surface area contributed by atoms with Gasteiger partial charge in [-0.1, -0.05) is 11.6 Å². The van der Waals surface area contributed by atoms with Crippen LogP contribution in [-0.4, -0.2) is 40.6 Å². The number of ether oxygens (including phenoxy) is 2. The molecule has 1 aromatic carbocycles. The maximum absolute atomic E-state index is 12.7. The summed E-state index contributed by atoms with van der Waals surface area (Å²) in [6.07, 6.45) is 4.08. The highest BCUT2D eigenvalue weighted by Crippen LogP contribution is 2.36. The van der Waals surface area contributed by atoms with E-state index in [4.69, 9.17) is 21.1 Å². The summed E-state index contributed by atoms with van der Waals surface area (Å²) in [4.78, 5) is 26.5. The van der Waals surface area contributed by atoms with Crippen molar-refractivity contribution < 1.29 is 9.47 Å². The summed E-state index contributed by atoms with van der Waals surface area (Å²) in [5.41, 5.74) is 3.30. The summed E-state index contributed by atoms with van der Waals surface area (Å²) < 4.78 is 10.7. The number of hydrogen-bond donors (Lipinski definition) is 1. The normalized spacial score (nSPS) is 13.8. The number of hydrogen-bond acceptors (Lipinski definition) is 6. The van der Waals surface area contributed by atoms with Crippen molar-refractivity contribution in [2.75, 3.05) is 20.8 Å². The van der Waals surface area contributed by atoms with E-state index in [0.717, 1.165) is 23.4 Å². The number of aromatic amines is 1. The first-order valence-corrected chi connectivity index (χ1v) is 9.62. The number of pyridine rings is 1. The second-order valence-corrected chi connectivity index (χ2v) is 7.26. The van der Waals surface area contributed by atoms with E-state index in [1.54, 1.807) is 26.6 Å². The van der Waals surface area contributed by atoms with Gasteiger partial charge in [0.05, 0.1) is 30.5 Å². The molecule has 1 N–H and O–H groups in total. The van der Waals surface area contributed by atoms with E-state index in [2.05, 4.69) is 19.9 Å². The molecule has 0 atom stereocenters. The molecule has 8 heteroatoms. The maximum Gasteiger partial charge on any atom is 0.255 e. The van der Waals surface area contributed by atoms with Crippen LogP contribution in [0.25, 0.3) is 11.4 Å². The number of nitrogens with one attached hydrogen (secondary N) is 1. The summed E-state index contributed by atoms with van der Waals surface area (Å²) in [6, 6.07) is 7.45. The van der Waals surface area contributed by atoms with Gasteiger partial charge in [0.15, 0.2) is 11.5 Å². The molecule has 29 heavy (non-hydrogen) atoms. The van der Waals surface area contributed by atoms with Gasteiger partial charge in [0.25, 0.3) is 5.56 Å². The van der Waals surface area contributed by atoms with E-state index in [9.17, 15) is 4.79 Å². The average Bonchev–Trinajstić information content (AvgIpc) is 2.74. The van der Waals surface area contributed by atoms with Gasteiger partial charge in [0, 0.05) is 44.0 Å². The fourth-order valence-electron chi connectivity index (χ4n) is 3.58. The standard InChI is InChI=1S/C21H21ClN4O3/c1-28-18-10-13(9-16(22)19(18)29-2)11-26-8-5-17-15(12-26)21(27)25-20(24-17)14-3-6-23-7-4-14/h3-4,6-7,9-10H,5,8,11-12H2,1-2H3,(H,24,25,27). The van der Waals surface area contributed by atoms with Crippen molar-refractivity contribution in [1.29, 1.82) is 0 Å². The van der Waals surface area contributed by atoms with E-state index in [1.165, 1.54) is 0 Å². The number of fused-ring (bicyclic) bond motifs is 1. The Morgan fingerprint density at radius 1 is 1.21 bits per heavy atom. The van der Waals surface area contributed by atoms with Gasteiger partial charge in [-0.25, -0.2) is 4.98 Å². The first-order chi connectivity index (χ1) is 14.1. The summed E-state index contributed by atoms with van der Waals surface area (Å²) in [6.45, 7) is 1.97. The minimum atomic E-state index is -0.100. The van der Waals surface area contributed by atoms with Gasteiger partial charge in [-0.2, -0.15) is 0 Å². The lowest BCUT2D eigenvalue weighted by Crippen LogP contribution is -2.35. The van der Waals surface area contributed by atoms with Crippen molar-refractivity contribution in [1.82, 2.24) is 19.9 Å². The minimum Gasteiger partial charge on any atom is -0.493 e. The Labute approximate surface area is 173 Å². The Hall–Kier alpha value is -2.90. The molecule has 0 aliphatic carbocycles. The van der Waals surface area contributed by atoms with Crippen LogP contribution in [-0.2, 0) is 19.5 Å². The van der Waals surface area contributed by atoms with Gasteiger partial charge in [-0.05, 0) is 29.8 Å². The molecule has 1 aliphatic heterocycles. The van der Waals surface area contributed by atoms with Crippen LogP contribution in [0.1, 0.15) is 16.8 Å². The Kier molecular flexibility index (Phi) is 5.51. The summed E-state index contributed by atoms with van der Waals surface area (Å²) >= 11 is 6.32. The van der Waals surface area contributed by atoms with Crippen LogP contribution in [0.3, 0.4) is 0 Å². The van der Waals surface area contributed by atoms with Crippen molar-refractivity contribution in [2.24, 2.45) is 0 Å². The predicted octanol–water partition coefficient (Wildman–Crippen LogP) is 3.06. The van der Waals surface area contributed by atoms with Gasteiger partial charge < -0.3 is 14.5 Å². The van der Waals surface area contributed by atoms with Gasteiger partial charge in [-0.15, -0.1) is 0 Å². The van der Waals surface area contributed by atoms with Crippen LogP contribution in [0.15, 0.2) is 41.5 Å². The van der Waals surface area contributed by atoms with Crippen molar-refractivity contribution in [3.63, 3.8) is 0 Å². The number of rotatable bonds is 5. The first kappa shape index (κ1) is 19.4. The molecule has 1 aliphatic rings. The second-order valence-electron chi connectivity index (χ2n) is 6.85. The van der Waals surface area contributed by atoms with E-state index < -0.39 is 0 Å². The van der Waals surface area contributed by atoms with E-state index in [1.807, 2.05) is 24.3 Å². The third-order valence-electron chi connectivity index (χ3n) is 5.00. The number of nitrogens with zero attached hydrogens (tertiary/aromatic N) is 3. The summed E-state index contributed by atoms with van der Waals surface area (Å²) in [7, 11) is 3.14. The second kappa shape index (κ2) is 8.23. The number of aromatic nitrogens is 3. The van der Waals surface area contributed by atoms with Gasteiger partial charge in [0.1, 0.15) is 5.82 Å². The molecule has 4 rings (SSSR count). The van der Waals surface area contributed by atoms with Gasteiger partial charge >= 0.3 is 0 Å². The fraction of sp³-hybridized carbons (Fsp3) is 0.286. The molecule has 0 amide bonds. The molecule has 0 spiro atoms. The molecule has 0 unspecified atom stereocenters. The van der Waals surface area contributed by atoms with Crippen molar-refractivity contribution >= 4 is 11.6 Å². The molecule has 3 heterocycles. The zero-order valence-electron chi connectivity index (χ0n) is 16.2. The number of halogens is 1. The molecular weight excluding hydrogens is 392 g/mol. The van der Waals surface area contributed by atoms with E-state index in [-0.39, 0.29) is 5.56 Å². The molecule has 3 aromatic rings. The highest BCUT2D eigenvalue weighted by atomic mass is 35.5. The molecule has 0 radical (unpaired) electrons. The third-order valence-corrected chi connectivity index (χ3v) is 5.28. The Bertz CT molecular complexity index is 1090. The molecule has 0 saturated heterocycles. The first-order valence-electron chi connectivity index (χ1n) is 9.24. The molecule has 0 bridgehead atoms. The monoisotopic (exact) mass is 412 g/mol. The fourth-order valence-corrected chi connectivity index (χ4v) is 3.89. The van der Waals surface area contributed by atoms with Crippen molar-refractivity contribution in [2.45, 2.75) is 19.5 Å². The third kappa shape index (κ3) is 3.97. The number of benzene rings is 1. The molecule has 150 valence electrons. The average molecular weight is 413 g/mol. The highest BCUT2D eigenvalue weighted by Gasteiger charge is 2.22. The summed E-state index contributed by atoms with van der Waals surface area (Å²) in [5.74, 6) is 1.69. The summed E-state index contributed by atoms with van der Waals surface area (Å²) in [5, 5.41) is 0.501. The largest absolute Gasteiger partial charge is 0.493 e. The van der Waals surface area contributed by atoms with Crippen LogP contribution >= 0.6 is 11.6 Å². The molecule has 0 saturated carbocycles. The van der Waals surface area contributed by atoms with Crippen molar-refractivity contribution in [3.8, 4) is 22.9 Å². The Morgan fingerprint density at radius 3 is 2.72 bits per heavy atom. The van der Waals surface area contributed by atoms with E-state index in [0.29, 0.717) is 47.4 Å². The molecular formula is C21H21ClN4O3. The maximum atomic E-state index is 12.7. The lowest BCUT2D eigenvalue weighted by Gasteiger charge is -2.28. The van der Waals surface area contributed by atoms with Gasteiger partial charge in [0.2, 0.25) is 0 Å². The predicted molar refractivity (Wildman–Crippen MR) is 110 cm³/mol. The minimum absolute atomic E-state index is 0.100.